The first kappa shape index (κ1) is 20.1. The Kier molecular flexibility index (Phi) is 5.29. The summed E-state index contributed by atoms with van der Waals surface area (Å²) < 4.78 is 48.3. The Bertz CT molecular complexity index is 1150. The molecule has 30 heavy (non-hydrogen) atoms. The Morgan fingerprint density at radius 1 is 1.33 bits per heavy atom. The number of hydrogen-bond donors (Lipinski definition) is 3. The fraction of sp³-hybridized carbons (Fsp3) is 0.316. The largest absolute Gasteiger partial charge is 0.489 e. The summed E-state index contributed by atoms with van der Waals surface area (Å²) in [7, 11) is -4.16. The highest BCUT2D eigenvalue weighted by Gasteiger charge is 2.33. The molecule has 4 rings (SSSR count). The van der Waals surface area contributed by atoms with Crippen LogP contribution in [-0.2, 0) is 10.0 Å². The molecule has 11 heteroatoms. The van der Waals surface area contributed by atoms with E-state index in [0.717, 1.165) is 30.9 Å². The number of H-pyrrole nitrogens is 1. The van der Waals surface area contributed by atoms with Crippen LogP contribution < -0.4 is 15.2 Å². The Balaban J connectivity index is 1.58. The van der Waals surface area contributed by atoms with E-state index >= 15 is 0 Å². The quantitative estimate of drug-likeness (QED) is 0.545. The van der Waals surface area contributed by atoms with Crippen molar-refractivity contribution >= 4 is 21.7 Å². The molecule has 3 aromatic rings. The van der Waals surface area contributed by atoms with Crippen molar-refractivity contribution in [3.63, 3.8) is 0 Å². The highest BCUT2D eigenvalue weighted by Crippen LogP contribution is 2.40. The SMILES string of the molecule is Cc1cc(S(=O)(=O)Nc2ccncn2)c(F)cc1O[C@H]1CCC[C@@H]1c1cn[nH]c1N. The van der Waals surface area contributed by atoms with Gasteiger partial charge in [-0.3, -0.25) is 9.82 Å². The van der Waals surface area contributed by atoms with Crippen LogP contribution in [0.5, 0.6) is 5.75 Å². The number of aromatic nitrogens is 4. The molecule has 2 atom stereocenters. The fourth-order valence-electron chi connectivity index (χ4n) is 3.70. The van der Waals surface area contributed by atoms with E-state index in [-0.39, 0.29) is 17.8 Å². The van der Waals surface area contributed by atoms with E-state index in [0.29, 0.717) is 17.1 Å². The molecule has 4 N–H and O–H groups in total. The van der Waals surface area contributed by atoms with Crippen LogP contribution >= 0.6 is 0 Å². The van der Waals surface area contributed by atoms with Crippen LogP contribution in [0.15, 0.2) is 41.8 Å². The smallest absolute Gasteiger partial charge is 0.265 e. The second-order valence-corrected chi connectivity index (χ2v) is 8.83. The van der Waals surface area contributed by atoms with Crippen molar-refractivity contribution in [2.75, 3.05) is 10.5 Å². The molecule has 1 aliphatic rings. The second-order valence-electron chi connectivity index (χ2n) is 7.18. The van der Waals surface area contributed by atoms with Gasteiger partial charge in [-0.1, -0.05) is 0 Å². The van der Waals surface area contributed by atoms with Gasteiger partial charge in [-0.25, -0.2) is 22.8 Å². The summed E-state index contributed by atoms with van der Waals surface area (Å²) in [4.78, 5) is 7.04. The predicted octanol–water partition coefficient (Wildman–Crippen LogP) is 2.75. The molecular weight excluding hydrogens is 411 g/mol. The number of hydrogen-bond acceptors (Lipinski definition) is 7. The molecule has 2 heterocycles. The number of sulfonamides is 1. The van der Waals surface area contributed by atoms with Gasteiger partial charge in [0.1, 0.15) is 40.5 Å². The topological polar surface area (TPSA) is 136 Å². The maximum Gasteiger partial charge on any atom is 0.265 e. The van der Waals surface area contributed by atoms with Crippen molar-refractivity contribution in [1.82, 2.24) is 20.2 Å². The number of ether oxygens (including phenoxy) is 1. The molecule has 0 aliphatic heterocycles. The first-order chi connectivity index (χ1) is 14.3. The molecule has 0 bridgehead atoms. The first-order valence-electron chi connectivity index (χ1n) is 9.39. The summed E-state index contributed by atoms with van der Waals surface area (Å²) in [5.41, 5.74) is 7.33. The van der Waals surface area contributed by atoms with Crippen LogP contribution in [0.1, 0.15) is 36.3 Å². The van der Waals surface area contributed by atoms with Gasteiger partial charge >= 0.3 is 0 Å². The van der Waals surface area contributed by atoms with Crippen molar-refractivity contribution in [3.05, 3.63) is 53.9 Å². The van der Waals surface area contributed by atoms with E-state index in [1.54, 1.807) is 13.1 Å². The number of benzene rings is 1. The van der Waals surface area contributed by atoms with Crippen LogP contribution in [-0.4, -0.2) is 34.7 Å². The lowest BCUT2D eigenvalue weighted by atomic mass is 9.98. The number of halogens is 1. The second kappa shape index (κ2) is 7.90. The molecule has 1 aromatic carbocycles. The minimum Gasteiger partial charge on any atom is -0.489 e. The summed E-state index contributed by atoms with van der Waals surface area (Å²) in [6.07, 6.45) is 6.66. The molecule has 9 nitrogen and oxygen atoms in total. The van der Waals surface area contributed by atoms with Crippen molar-refractivity contribution < 1.29 is 17.5 Å². The van der Waals surface area contributed by atoms with Crippen molar-refractivity contribution in [2.45, 2.75) is 43.1 Å². The van der Waals surface area contributed by atoms with Crippen LogP contribution in [0.3, 0.4) is 0 Å². The normalized spacial score (nSPS) is 19.0. The maximum absolute atomic E-state index is 14.8. The molecule has 1 fully saturated rings. The third kappa shape index (κ3) is 3.92. The Morgan fingerprint density at radius 2 is 2.17 bits per heavy atom. The average molecular weight is 432 g/mol. The lowest BCUT2D eigenvalue weighted by Gasteiger charge is -2.22. The molecule has 0 spiro atoms. The molecule has 158 valence electrons. The standard InChI is InChI=1S/C19H21FN6O3S/c1-11-7-17(30(27,28)26-18-5-6-22-10-23-18)14(20)8-16(11)29-15-4-2-3-12(15)13-9-24-25-19(13)21/h5-10,12,15H,2-4H2,1H3,(H3,21,24,25)(H,22,23,26)/t12-,15+/m1/s1. The van der Waals surface area contributed by atoms with Crippen LogP contribution in [0.25, 0.3) is 0 Å². The monoisotopic (exact) mass is 432 g/mol. The maximum atomic E-state index is 14.8. The molecular formula is C19H21FN6O3S. The minimum atomic E-state index is -4.16. The van der Waals surface area contributed by atoms with Crippen LogP contribution in [0, 0.1) is 12.7 Å². The summed E-state index contributed by atoms with van der Waals surface area (Å²) >= 11 is 0. The van der Waals surface area contributed by atoms with Gasteiger partial charge in [0.2, 0.25) is 0 Å². The van der Waals surface area contributed by atoms with E-state index in [4.69, 9.17) is 10.5 Å². The first-order valence-corrected chi connectivity index (χ1v) is 10.9. The van der Waals surface area contributed by atoms with Gasteiger partial charge in [0.25, 0.3) is 10.0 Å². The summed E-state index contributed by atoms with van der Waals surface area (Å²) in [5, 5.41) is 6.69. The molecule has 0 amide bonds. The Hall–Kier alpha value is -3.21. The van der Waals surface area contributed by atoms with Crippen molar-refractivity contribution in [1.29, 1.82) is 0 Å². The van der Waals surface area contributed by atoms with Crippen LogP contribution in [0.2, 0.25) is 0 Å². The van der Waals surface area contributed by atoms with Crippen LogP contribution in [0.4, 0.5) is 16.0 Å². The number of nitrogen functional groups attached to an aromatic ring is 1. The fourth-order valence-corrected chi connectivity index (χ4v) is 4.85. The van der Waals surface area contributed by atoms with E-state index in [1.807, 2.05) is 0 Å². The highest BCUT2D eigenvalue weighted by molar-refractivity contribution is 7.92. The third-order valence-electron chi connectivity index (χ3n) is 5.17. The lowest BCUT2D eigenvalue weighted by molar-refractivity contribution is 0.188. The number of nitrogens with two attached hydrogens (primary N) is 1. The average Bonchev–Trinajstić information content (AvgIpc) is 3.33. The van der Waals surface area contributed by atoms with Crippen molar-refractivity contribution in [2.24, 2.45) is 0 Å². The Labute approximate surface area is 172 Å². The molecule has 2 aromatic heterocycles. The number of nitrogens with one attached hydrogen (secondary N) is 2. The van der Waals surface area contributed by atoms with E-state index < -0.39 is 20.7 Å². The van der Waals surface area contributed by atoms with Gasteiger partial charge < -0.3 is 10.5 Å². The van der Waals surface area contributed by atoms with Gasteiger partial charge in [0.15, 0.2) is 0 Å². The summed E-state index contributed by atoms with van der Waals surface area (Å²) in [5.74, 6) is -0.0273. The van der Waals surface area contributed by atoms with Gasteiger partial charge in [0, 0.05) is 23.7 Å². The lowest BCUT2D eigenvalue weighted by Crippen LogP contribution is -2.21. The number of nitrogens with zero attached hydrogens (tertiary/aromatic N) is 3. The van der Waals surface area contributed by atoms with E-state index in [2.05, 4.69) is 24.9 Å². The Morgan fingerprint density at radius 3 is 2.87 bits per heavy atom. The third-order valence-corrected chi connectivity index (χ3v) is 6.54. The zero-order chi connectivity index (χ0) is 21.3. The zero-order valence-electron chi connectivity index (χ0n) is 16.2. The molecule has 0 saturated heterocycles. The highest BCUT2D eigenvalue weighted by atomic mass is 32.2. The predicted molar refractivity (Wildman–Crippen MR) is 108 cm³/mol. The van der Waals surface area contributed by atoms with Gasteiger partial charge in [-0.15, -0.1) is 0 Å². The number of aryl methyl sites for hydroxylation is 1. The number of aromatic amines is 1. The summed E-state index contributed by atoms with van der Waals surface area (Å²) in [6, 6.07) is 3.74. The number of anilines is 2. The van der Waals surface area contributed by atoms with Gasteiger partial charge in [-0.05, 0) is 43.9 Å². The molecule has 1 saturated carbocycles. The van der Waals surface area contributed by atoms with Crippen molar-refractivity contribution in [3.8, 4) is 5.75 Å². The van der Waals surface area contributed by atoms with Gasteiger partial charge in [-0.2, -0.15) is 5.10 Å². The minimum absolute atomic E-state index is 0.0362. The van der Waals surface area contributed by atoms with Gasteiger partial charge in [0.05, 0.1) is 6.20 Å². The van der Waals surface area contributed by atoms with E-state index in [9.17, 15) is 12.8 Å². The zero-order valence-corrected chi connectivity index (χ0v) is 17.0. The number of rotatable bonds is 6. The molecule has 1 aliphatic carbocycles. The molecule has 0 radical (unpaired) electrons. The summed E-state index contributed by atoms with van der Waals surface area (Å²) in [6.45, 7) is 1.68. The molecule has 0 unspecified atom stereocenters. The van der Waals surface area contributed by atoms with E-state index in [1.165, 1.54) is 24.7 Å².